The molecule has 0 saturated carbocycles. The van der Waals surface area contributed by atoms with Crippen LogP contribution in [0.25, 0.3) is 0 Å². The maximum atomic E-state index is 11.9. The molecule has 0 aromatic rings. The third-order valence-electron chi connectivity index (χ3n) is 2.55. The van der Waals surface area contributed by atoms with Crippen LogP contribution in [0.15, 0.2) is 22.6 Å². The van der Waals surface area contributed by atoms with Crippen LogP contribution >= 0.6 is 0 Å². The Morgan fingerprint density at radius 3 is 2.73 bits per heavy atom. The van der Waals surface area contributed by atoms with Crippen molar-refractivity contribution >= 4 is 10.0 Å². The first-order chi connectivity index (χ1) is 6.97. The predicted octanol–water partition coefficient (Wildman–Crippen LogP) is 1.75. The summed E-state index contributed by atoms with van der Waals surface area (Å²) in [5.41, 5.74) is 1.17. The molecule has 0 saturated heterocycles. The Morgan fingerprint density at radius 2 is 2.20 bits per heavy atom. The van der Waals surface area contributed by atoms with Gasteiger partial charge in [0, 0.05) is 6.54 Å². The molecule has 1 aliphatic carbocycles. The lowest BCUT2D eigenvalue weighted by atomic mass is 9.95. The molecule has 1 rings (SSSR count). The molecule has 0 spiro atoms. The van der Waals surface area contributed by atoms with Crippen LogP contribution in [0, 0.1) is 5.92 Å². The van der Waals surface area contributed by atoms with Crippen LogP contribution in [0.1, 0.15) is 20.3 Å². The molecule has 0 bridgehead atoms. The molecule has 0 aromatic heterocycles. The summed E-state index contributed by atoms with van der Waals surface area (Å²) < 4.78 is 37.3. The van der Waals surface area contributed by atoms with Crippen molar-refractivity contribution in [2.24, 2.45) is 5.92 Å². The highest BCUT2D eigenvalue weighted by atomic mass is 32.2. The Morgan fingerprint density at radius 1 is 1.53 bits per heavy atom. The van der Waals surface area contributed by atoms with E-state index < -0.39 is 16.7 Å². The lowest BCUT2D eigenvalue weighted by Gasteiger charge is -2.19. The molecule has 5 heteroatoms. The molecule has 1 atom stereocenters. The minimum atomic E-state index is -3.48. The summed E-state index contributed by atoms with van der Waals surface area (Å²) in [5, 5.41) is 0. The average Bonchev–Trinajstić information content (AvgIpc) is 2.19. The number of allylic oxidation sites excluding steroid dienone is 4. The quantitative estimate of drug-likeness (QED) is 0.804. The van der Waals surface area contributed by atoms with Gasteiger partial charge in [-0.25, -0.2) is 17.5 Å². The fourth-order valence-corrected chi connectivity index (χ4v) is 2.63. The zero-order chi connectivity index (χ0) is 11.5. The number of hydrogen-bond acceptors (Lipinski definition) is 2. The van der Waals surface area contributed by atoms with E-state index in [1.807, 2.05) is 13.8 Å². The number of hydrogen-bond donors (Lipinski definition) is 1. The van der Waals surface area contributed by atoms with Gasteiger partial charge < -0.3 is 0 Å². The predicted molar refractivity (Wildman–Crippen MR) is 58.5 cm³/mol. The largest absolute Gasteiger partial charge is 0.250 e. The van der Waals surface area contributed by atoms with Gasteiger partial charge in [0.1, 0.15) is 6.67 Å². The monoisotopic (exact) mass is 233 g/mol. The van der Waals surface area contributed by atoms with Crippen molar-refractivity contribution in [1.82, 2.24) is 4.72 Å². The second-order valence-corrected chi connectivity index (χ2v) is 5.56. The standard InChI is InChI=1S/C10H16FNO2S/c1-8-3-4-10(7-9(8)2)15(13,14)12-6-5-11/h3-4,9,12H,5-7H2,1-2H3. The highest BCUT2D eigenvalue weighted by Crippen LogP contribution is 2.26. The molecule has 1 unspecified atom stereocenters. The second-order valence-electron chi connectivity index (χ2n) is 3.74. The number of rotatable bonds is 4. The minimum Gasteiger partial charge on any atom is -0.250 e. The fourth-order valence-electron chi connectivity index (χ4n) is 1.38. The number of alkyl halides is 1. The van der Waals surface area contributed by atoms with E-state index in [1.165, 1.54) is 5.57 Å². The molecule has 0 heterocycles. The van der Waals surface area contributed by atoms with Gasteiger partial charge >= 0.3 is 0 Å². The van der Waals surface area contributed by atoms with Crippen LogP contribution in [0.2, 0.25) is 0 Å². The number of sulfonamides is 1. The zero-order valence-electron chi connectivity index (χ0n) is 8.96. The maximum Gasteiger partial charge on any atom is 0.236 e. The van der Waals surface area contributed by atoms with Crippen molar-refractivity contribution < 1.29 is 12.8 Å². The summed E-state index contributed by atoms with van der Waals surface area (Å²) in [7, 11) is -3.48. The molecule has 1 aliphatic rings. The SMILES string of the molecule is CC1=CC=C(S(=O)(=O)NCCF)CC1C. The lowest BCUT2D eigenvalue weighted by molar-refractivity contribution is 0.487. The average molecular weight is 233 g/mol. The molecule has 0 radical (unpaired) electrons. The van der Waals surface area contributed by atoms with Crippen LogP contribution in [0.5, 0.6) is 0 Å². The molecule has 1 N–H and O–H groups in total. The van der Waals surface area contributed by atoms with Gasteiger partial charge in [0.25, 0.3) is 0 Å². The summed E-state index contributed by atoms with van der Waals surface area (Å²) in [6.45, 7) is 3.11. The molecule has 0 amide bonds. The van der Waals surface area contributed by atoms with Gasteiger partial charge in [0.2, 0.25) is 10.0 Å². The topological polar surface area (TPSA) is 46.2 Å². The van der Waals surface area contributed by atoms with Gasteiger partial charge in [-0.2, -0.15) is 0 Å². The van der Waals surface area contributed by atoms with E-state index in [0.717, 1.165) is 0 Å². The van der Waals surface area contributed by atoms with E-state index in [0.29, 0.717) is 11.3 Å². The van der Waals surface area contributed by atoms with Crippen molar-refractivity contribution in [2.45, 2.75) is 20.3 Å². The van der Waals surface area contributed by atoms with Gasteiger partial charge in [-0.15, -0.1) is 0 Å². The van der Waals surface area contributed by atoms with Crippen molar-refractivity contribution in [2.75, 3.05) is 13.2 Å². The van der Waals surface area contributed by atoms with Crippen LogP contribution in [-0.2, 0) is 10.0 Å². The summed E-state index contributed by atoms with van der Waals surface area (Å²) in [6.07, 6.45) is 3.89. The van der Waals surface area contributed by atoms with Crippen molar-refractivity contribution in [3.63, 3.8) is 0 Å². The lowest BCUT2D eigenvalue weighted by Crippen LogP contribution is -2.28. The number of halogens is 1. The molecular weight excluding hydrogens is 217 g/mol. The Hall–Kier alpha value is -0.680. The fraction of sp³-hybridized carbons (Fsp3) is 0.600. The van der Waals surface area contributed by atoms with Crippen LogP contribution in [0.3, 0.4) is 0 Å². The normalized spacial score (nSPS) is 22.2. The van der Waals surface area contributed by atoms with Gasteiger partial charge in [-0.1, -0.05) is 18.6 Å². The highest BCUT2D eigenvalue weighted by molar-refractivity contribution is 7.93. The van der Waals surface area contributed by atoms with E-state index in [2.05, 4.69) is 4.72 Å². The number of nitrogens with one attached hydrogen (secondary N) is 1. The summed E-state index contributed by atoms with van der Waals surface area (Å²) in [6, 6.07) is 0. The smallest absolute Gasteiger partial charge is 0.236 e. The highest BCUT2D eigenvalue weighted by Gasteiger charge is 2.22. The Labute approximate surface area is 90.1 Å². The summed E-state index contributed by atoms with van der Waals surface area (Å²) in [4.78, 5) is 0.342. The second kappa shape index (κ2) is 4.90. The van der Waals surface area contributed by atoms with Crippen LogP contribution in [-0.4, -0.2) is 21.6 Å². The first kappa shape index (κ1) is 12.4. The van der Waals surface area contributed by atoms with E-state index in [4.69, 9.17) is 0 Å². The molecule has 15 heavy (non-hydrogen) atoms. The van der Waals surface area contributed by atoms with Gasteiger partial charge in [-0.05, 0) is 25.3 Å². The summed E-state index contributed by atoms with van der Waals surface area (Å²) in [5.74, 6) is 0.229. The van der Waals surface area contributed by atoms with Gasteiger partial charge in [0.15, 0.2) is 0 Å². The Kier molecular flexibility index (Phi) is 4.04. The first-order valence-electron chi connectivity index (χ1n) is 4.90. The molecular formula is C10H16FNO2S. The molecule has 86 valence electrons. The first-order valence-corrected chi connectivity index (χ1v) is 6.38. The molecule has 0 aliphatic heterocycles. The van der Waals surface area contributed by atoms with Crippen LogP contribution in [0.4, 0.5) is 4.39 Å². The Balaban J connectivity index is 2.81. The minimum absolute atomic E-state index is 0.156. The van der Waals surface area contributed by atoms with E-state index in [-0.39, 0.29) is 12.5 Å². The summed E-state index contributed by atoms with van der Waals surface area (Å²) >= 11 is 0. The van der Waals surface area contributed by atoms with Crippen LogP contribution < -0.4 is 4.72 Å². The van der Waals surface area contributed by atoms with E-state index in [1.54, 1.807) is 12.2 Å². The third kappa shape index (κ3) is 3.14. The zero-order valence-corrected chi connectivity index (χ0v) is 9.77. The van der Waals surface area contributed by atoms with Gasteiger partial charge in [0.05, 0.1) is 4.91 Å². The maximum absolute atomic E-state index is 11.9. The molecule has 0 aromatic carbocycles. The van der Waals surface area contributed by atoms with E-state index in [9.17, 15) is 12.8 Å². The Bertz CT molecular complexity index is 384. The van der Waals surface area contributed by atoms with Gasteiger partial charge in [-0.3, -0.25) is 0 Å². The van der Waals surface area contributed by atoms with Crippen molar-refractivity contribution in [3.05, 3.63) is 22.6 Å². The molecule has 0 fully saturated rings. The van der Waals surface area contributed by atoms with E-state index >= 15 is 0 Å². The third-order valence-corrected chi connectivity index (χ3v) is 4.13. The van der Waals surface area contributed by atoms with Crippen molar-refractivity contribution in [1.29, 1.82) is 0 Å². The van der Waals surface area contributed by atoms with Crippen molar-refractivity contribution in [3.8, 4) is 0 Å². The molecule has 3 nitrogen and oxygen atoms in total.